The number of carbonyl (C=O) groups excluding carboxylic acids is 1. The van der Waals surface area contributed by atoms with Crippen LogP contribution >= 0.6 is 22.9 Å². The highest BCUT2D eigenvalue weighted by molar-refractivity contribution is 7.92. The molecule has 0 bridgehead atoms. The van der Waals surface area contributed by atoms with Crippen LogP contribution < -0.4 is 5.32 Å². The number of anilines is 1. The van der Waals surface area contributed by atoms with Crippen molar-refractivity contribution in [1.82, 2.24) is 0 Å². The maximum atomic E-state index is 12.2. The summed E-state index contributed by atoms with van der Waals surface area (Å²) in [6.07, 6.45) is 0. The summed E-state index contributed by atoms with van der Waals surface area (Å²) < 4.78 is 24.4. The Balaban J connectivity index is 2.28. The van der Waals surface area contributed by atoms with E-state index in [1.807, 2.05) is 0 Å². The second-order valence-corrected chi connectivity index (χ2v) is 8.36. The monoisotopic (exact) mass is 343 g/mol. The maximum Gasteiger partial charge on any atom is 0.255 e. The summed E-state index contributed by atoms with van der Waals surface area (Å²) in [6.45, 7) is 3.22. The van der Waals surface area contributed by atoms with Gasteiger partial charge in [-0.2, -0.15) is 0 Å². The average Bonchev–Trinajstić information content (AvgIpc) is 2.88. The van der Waals surface area contributed by atoms with Gasteiger partial charge in [0.15, 0.2) is 9.84 Å². The summed E-state index contributed by atoms with van der Waals surface area (Å²) in [4.78, 5) is 12.3. The van der Waals surface area contributed by atoms with Gasteiger partial charge in [0.2, 0.25) is 0 Å². The number of thiophene rings is 1. The van der Waals surface area contributed by atoms with Gasteiger partial charge in [-0.3, -0.25) is 4.79 Å². The smallest absolute Gasteiger partial charge is 0.255 e. The van der Waals surface area contributed by atoms with Crippen molar-refractivity contribution in [2.24, 2.45) is 0 Å². The van der Waals surface area contributed by atoms with Crippen molar-refractivity contribution in [3.63, 3.8) is 0 Å². The lowest BCUT2D eigenvalue weighted by molar-refractivity contribution is 0.102. The van der Waals surface area contributed by atoms with E-state index in [9.17, 15) is 13.2 Å². The first-order valence-electron chi connectivity index (χ1n) is 6.19. The minimum absolute atomic E-state index is 0.157. The molecule has 2 aromatic rings. The molecule has 1 aromatic heterocycles. The second-order valence-electron chi connectivity index (χ2n) is 4.70. The molecule has 0 aliphatic heterocycles. The van der Waals surface area contributed by atoms with Crippen LogP contribution in [0.15, 0.2) is 39.9 Å². The number of carbonyl (C=O) groups is 1. The van der Waals surface area contributed by atoms with Gasteiger partial charge >= 0.3 is 0 Å². The highest BCUT2D eigenvalue weighted by Gasteiger charge is 2.24. The Morgan fingerprint density at radius 2 is 1.81 bits per heavy atom. The molecule has 0 unspecified atom stereocenters. The maximum absolute atomic E-state index is 12.2. The summed E-state index contributed by atoms with van der Waals surface area (Å²) in [5.74, 6) is -0.370. The second kappa shape index (κ2) is 6.17. The molecule has 112 valence electrons. The number of sulfone groups is 1. The summed E-state index contributed by atoms with van der Waals surface area (Å²) in [5.41, 5.74) is 0.729. The third kappa shape index (κ3) is 3.45. The zero-order valence-corrected chi connectivity index (χ0v) is 13.8. The van der Waals surface area contributed by atoms with Crippen LogP contribution in [-0.4, -0.2) is 19.6 Å². The van der Waals surface area contributed by atoms with E-state index < -0.39 is 15.1 Å². The number of hydrogen-bond donors (Lipinski definition) is 1. The first-order valence-corrected chi connectivity index (χ1v) is 9.06. The molecule has 2 rings (SSSR count). The Labute approximate surface area is 132 Å². The standard InChI is InChI=1S/C14H14ClNO3S2/c1-9(2)21(18,19)13-8-20-7-12(13)16-14(17)10-3-5-11(15)6-4-10/h3-9H,1-2H3,(H,16,17). The van der Waals surface area contributed by atoms with Crippen molar-refractivity contribution in [1.29, 1.82) is 0 Å². The number of benzene rings is 1. The highest BCUT2D eigenvalue weighted by atomic mass is 35.5. The fraction of sp³-hybridized carbons (Fsp3) is 0.214. The third-order valence-corrected chi connectivity index (χ3v) is 6.24. The molecular formula is C14H14ClNO3S2. The van der Waals surface area contributed by atoms with Crippen molar-refractivity contribution in [3.05, 3.63) is 45.6 Å². The van der Waals surface area contributed by atoms with E-state index in [0.29, 0.717) is 16.3 Å². The van der Waals surface area contributed by atoms with Crippen molar-refractivity contribution in [2.75, 3.05) is 5.32 Å². The van der Waals surface area contributed by atoms with E-state index in [-0.39, 0.29) is 10.8 Å². The van der Waals surface area contributed by atoms with Crippen molar-refractivity contribution < 1.29 is 13.2 Å². The van der Waals surface area contributed by atoms with Gasteiger partial charge in [0.1, 0.15) is 4.90 Å². The lowest BCUT2D eigenvalue weighted by atomic mass is 10.2. The van der Waals surface area contributed by atoms with E-state index >= 15 is 0 Å². The lowest BCUT2D eigenvalue weighted by Crippen LogP contribution is -2.17. The number of hydrogen-bond acceptors (Lipinski definition) is 4. The quantitative estimate of drug-likeness (QED) is 0.917. The minimum atomic E-state index is -3.42. The molecule has 1 amide bonds. The van der Waals surface area contributed by atoms with Gasteiger partial charge in [-0.15, -0.1) is 11.3 Å². The van der Waals surface area contributed by atoms with Crippen LogP contribution in [0.25, 0.3) is 0 Å². The molecule has 1 heterocycles. The molecule has 0 radical (unpaired) electrons. The normalized spacial score (nSPS) is 11.6. The zero-order valence-electron chi connectivity index (χ0n) is 11.5. The molecule has 0 aliphatic rings. The number of halogens is 1. The Hall–Kier alpha value is -1.37. The number of rotatable bonds is 4. The van der Waals surface area contributed by atoms with Crippen molar-refractivity contribution >= 4 is 44.4 Å². The Bertz CT molecular complexity index is 749. The van der Waals surface area contributed by atoms with Gasteiger partial charge in [-0.05, 0) is 38.1 Å². The first-order chi connectivity index (χ1) is 9.82. The number of amides is 1. The van der Waals surface area contributed by atoms with Gasteiger partial charge < -0.3 is 5.32 Å². The third-order valence-electron chi connectivity index (χ3n) is 2.91. The summed E-state index contributed by atoms with van der Waals surface area (Å²) in [6, 6.07) is 6.38. The molecule has 0 saturated heterocycles. The van der Waals surface area contributed by atoms with Gasteiger partial charge in [0.05, 0.1) is 10.9 Å². The molecule has 1 aromatic carbocycles. The van der Waals surface area contributed by atoms with E-state index in [4.69, 9.17) is 11.6 Å². The average molecular weight is 344 g/mol. The number of nitrogens with one attached hydrogen (secondary N) is 1. The Kier molecular flexibility index (Phi) is 4.70. The molecule has 4 nitrogen and oxygen atoms in total. The van der Waals surface area contributed by atoms with Gasteiger partial charge in [-0.1, -0.05) is 11.6 Å². The van der Waals surface area contributed by atoms with Gasteiger partial charge in [0.25, 0.3) is 5.91 Å². The molecular weight excluding hydrogens is 330 g/mol. The van der Waals surface area contributed by atoms with Gasteiger partial charge in [-0.25, -0.2) is 8.42 Å². The van der Waals surface area contributed by atoms with Crippen molar-refractivity contribution in [3.8, 4) is 0 Å². The predicted octanol–water partition coefficient (Wildman–Crippen LogP) is 3.84. The van der Waals surface area contributed by atoms with E-state index in [2.05, 4.69) is 5.32 Å². The molecule has 0 spiro atoms. The van der Waals surface area contributed by atoms with Crippen LogP contribution in [0.1, 0.15) is 24.2 Å². The molecule has 0 fully saturated rings. The minimum Gasteiger partial charge on any atom is -0.320 e. The van der Waals surface area contributed by atoms with E-state index in [1.165, 1.54) is 16.7 Å². The SMILES string of the molecule is CC(C)S(=O)(=O)c1cscc1NC(=O)c1ccc(Cl)cc1. The van der Waals surface area contributed by atoms with Crippen LogP contribution in [-0.2, 0) is 9.84 Å². The van der Waals surface area contributed by atoms with E-state index in [1.54, 1.807) is 43.5 Å². The Morgan fingerprint density at radius 3 is 2.38 bits per heavy atom. The van der Waals surface area contributed by atoms with E-state index in [0.717, 1.165) is 0 Å². The zero-order chi connectivity index (χ0) is 15.6. The van der Waals surface area contributed by atoms with Crippen LogP contribution in [0.2, 0.25) is 5.02 Å². The van der Waals surface area contributed by atoms with Crippen LogP contribution in [0.5, 0.6) is 0 Å². The van der Waals surface area contributed by atoms with Crippen LogP contribution in [0, 0.1) is 0 Å². The topological polar surface area (TPSA) is 63.2 Å². The van der Waals surface area contributed by atoms with Gasteiger partial charge in [0, 0.05) is 21.3 Å². The molecule has 0 saturated carbocycles. The fourth-order valence-corrected chi connectivity index (χ4v) is 4.12. The largest absolute Gasteiger partial charge is 0.320 e. The molecule has 7 heteroatoms. The van der Waals surface area contributed by atoms with Crippen LogP contribution in [0.3, 0.4) is 0 Å². The molecule has 0 aliphatic carbocycles. The molecule has 0 atom stereocenters. The summed E-state index contributed by atoms with van der Waals surface area (Å²) in [5, 5.41) is 5.77. The predicted molar refractivity (Wildman–Crippen MR) is 86.0 cm³/mol. The lowest BCUT2D eigenvalue weighted by Gasteiger charge is -2.10. The highest BCUT2D eigenvalue weighted by Crippen LogP contribution is 2.29. The van der Waals surface area contributed by atoms with Crippen molar-refractivity contribution in [2.45, 2.75) is 24.0 Å². The fourth-order valence-electron chi connectivity index (χ4n) is 1.65. The Morgan fingerprint density at radius 1 is 1.19 bits per heavy atom. The first kappa shape index (κ1) is 16.0. The summed E-state index contributed by atoms with van der Waals surface area (Å²) >= 11 is 7.00. The molecule has 1 N–H and O–H groups in total. The van der Waals surface area contributed by atoms with Crippen LogP contribution in [0.4, 0.5) is 5.69 Å². The molecule has 21 heavy (non-hydrogen) atoms. The summed E-state index contributed by atoms with van der Waals surface area (Å²) in [7, 11) is -3.42.